The molecule has 0 aliphatic carbocycles. The molecular weight excluding hydrogens is 245 g/mol. The van der Waals surface area contributed by atoms with Crippen molar-refractivity contribution in [2.45, 2.75) is 24.4 Å². The summed E-state index contributed by atoms with van der Waals surface area (Å²) in [5.74, 6) is -0.739. The van der Waals surface area contributed by atoms with Crippen molar-refractivity contribution in [2.75, 3.05) is 13.7 Å². The maximum absolute atomic E-state index is 13.7. The van der Waals surface area contributed by atoms with Crippen LogP contribution >= 0.6 is 0 Å². The Kier molecular flexibility index (Phi) is 3.76. The van der Waals surface area contributed by atoms with Crippen molar-refractivity contribution in [1.29, 1.82) is 0 Å². The van der Waals surface area contributed by atoms with E-state index in [1.165, 1.54) is 13.3 Å². The second-order valence-electron chi connectivity index (χ2n) is 4.07. The molecule has 18 heavy (non-hydrogen) atoms. The number of nitrogens with one attached hydrogen (secondary N) is 1. The van der Waals surface area contributed by atoms with E-state index in [9.17, 15) is 14.3 Å². The number of rotatable bonds is 3. The minimum atomic E-state index is -1.06. The van der Waals surface area contributed by atoms with Gasteiger partial charge in [-0.1, -0.05) is 0 Å². The number of hydrogen-bond donors (Lipinski definition) is 3. The lowest BCUT2D eigenvalue weighted by Crippen LogP contribution is -2.34. The molecule has 3 N–H and O–H groups in total. The number of halogens is 1. The second kappa shape index (κ2) is 5.15. The zero-order valence-electron chi connectivity index (χ0n) is 9.67. The predicted molar refractivity (Wildman–Crippen MR) is 58.5 cm³/mol. The summed E-state index contributed by atoms with van der Waals surface area (Å²) in [5, 5.41) is 18.9. The number of methoxy groups -OCH3 is 1. The van der Waals surface area contributed by atoms with Gasteiger partial charge in [0, 0.05) is 24.9 Å². The summed E-state index contributed by atoms with van der Waals surface area (Å²) in [6.45, 7) is -0.400. The maximum atomic E-state index is 13.7. The summed E-state index contributed by atoms with van der Waals surface area (Å²) in [6.07, 6.45) is -2.40. The highest BCUT2D eigenvalue weighted by atomic mass is 19.1. The van der Waals surface area contributed by atoms with Gasteiger partial charge in [0.25, 0.3) is 5.56 Å². The van der Waals surface area contributed by atoms with E-state index in [4.69, 9.17) is 14.6 Å². The lowest BCUT2D eigenvalue weighted by molar-refractivity contribution is -0.0247. The predicted octanol–water partition coefficient (Wildman–Crippen LogP) is -0.678. The molecule has 1 aliphatic heterocycles. The van der Waals surface area contributed by atoms with Crippen LogP contribution in [-0.2, 0) is 9.47 Å². The van der Waals surface area contributed by atoms with Gasteiger partial charge in [0.15, 0.2) is 0 Å². The van der Waals surface area contributed by atoms with E-state index in [1.54, 1.807) is 0 Å². The number of pyridine rings is 1. The first kappa shape index (κ1) is 13.2. The summed E-state index contributed by atoms with van der Waals surface area (Å²) in [6, 6.07) is 0.796. The Morgan fingerprint density at radius 1 is 1.61 bits per heavy atom. The number of hydrogen-bond acceptors (Lipinski definition) is 5. The van der Waals surface area contributed by atoms with Crippen LogP contribution in [0.25, 0.3) is 0 Å². The van der Waals surface area contributed by atoms with Crippen LogP contribution in [0.5, 0.6) is 0 Å². The Morgan fingerprint density at radius 2 is 2.33 bits per heavy atom. The van der Waals surface area contributed by atoms with Crippen LogP contribution in [0.1, 0.15) is 11.7 Å². The van der Waals surface area contributed by atoms with Crippen molar-refractivity contribution in [3.05, 3.63) is 34.0 Å². The molecule has 0 spiro atoms. The van der Waals surface area contributed by atoms with Gasteiger partial charge in [0.05, 0.1) is 6.61 Å². The third kappa shape index (κ3) is 2.17. The summed E-state index contributed by atoms with van der Waals surface area (Å²) < 4.78 is 24.1. The average molecular weight is 259 g/mol. The summed E-state index contributed by atoms with van der Waals surface area (Å²) in [4.78, 5) is 13.3. The SMILES string of the molecule is CO[C@H]1C(O)[C@@H](CO)O[C@H]1c1c[nH]c(=O)cc1F. The molecule has 4 atom stereocenters. The number of aliphatic hydroxyl groups is 2. The molecule has 1 aromatic rings. The number of ether oxygens (including phenoxy) is 2. The first-order valence-electron chi connectivity index (χ1n) is 5.43. The zero-order chi connectivity index (χ0) is 13.3. The van der Waals surface area contributed by atoms with E-state index in [-0.39, 0.29) is 5.56 Å². The van der Waals surface area contributed by atoms with Crippen LogP contribution in [-0.4, -0.2) is 47.2 Å². The fourth-order valence-electron chi connectivity index (χ4n) is 2.08. The van der Waals surface area contributed by atoms with E-state index in [1.807, 2.05) is 0 Å². The van der Waals surface area contributed by atoms with Crippen LogP contribution in [0.15, 0.2) is 17.1 Å². The maximum Gasteiger partial charge on any atom is 0.250 e. The van der Waals surface area contributed by atoms with Crippen LogP contribution < -0.4 is 5.56 Å². The first-order chi connectivity index (χ1) is 8.58. The number of aromatic amines is 1. The molecule has 7 heteroatoms. The van der Waals surface area contributed by atoms with E-state index in [0.717, 1.165) is 6.07 Å². The molecule has 0 aromatic carbocycles. The highest BCUT2D eigenvalue weighted by Crippen LogP contribution is 2.35. The van der Waals surface area contributed by atoms with Crippen molar-refractivity contribution < 1.29 is 24.1 Å². The lowest BCUT2D eigenvalue weighted by atomic mass is 10.0. The first-order valence-corrected chi connectivity index (χ1v) is 5.43. The molecule has 2 heterocycles. The van der Waals surface area contributed by atoms with Gasteiger partial charge in [-0.2, -0.15) is 0 Å². The van der Waals surface area contributed by atoms with Crippen LogP contribution in [0.4, 0.5) is 4.39 Å². The Bertz CT molecular complexity index is 477. The smallest absolute Gasteiger partial charge is 0.250 e. The standard InChI is InChI=1S/C11H14FNO5/c1-17-11-9(16)7(4-14)18-10(11)5-3-13-8(15)2-6(5)12/h2-3,7,9-11,14,16H,4H2,1H3,(H,13,15)/t7-,9?,10+,11+/m1/s1. The molecule has 2 rings (SSSR count). The molecule has 1 fully saturated rings. The van der Waals surface area contributed by atoms with Gasteiger partial charge in [-0.05, 0) is 0 Å². The van der Waals surface area contributed by atoms with Gasteiger partial charge in [0.2, 0.25) is 0 Å². The summed E-state index contributed by atoms with van der Waals surface area (Å²) in [5.41, 5.74) is -0.487. The number of aromatic nitrogens is 1. The quantitative estimate of drug-likeness (QED) is 0.669. The monoisotopic (exact) mass is 259 g/mol. The Hall–Kier alpha value is -1.28. The van der Waals surface area contributed by atoms with Crippen molar-refractivity contribution >= 4 is 0 Å². The van der Waals surface area contributed by atoms with E-state index < -0.39 is 42.4 Å². The Balaban J connectivity index is 2.34. The average Bonchev–Trinajstić information content (AvgIpc) is 2.65. The topological polar surface area (TPSA) is 91.8 Å². The van der Waals surface area contributed by atoms with Crippen molar-refractivity contribution in [1.82, 2.24) is 4.98 Å². The van der Waals surface area contributed by atoms with Gasteiger partial charge in [0.1, 0.15) is 30.2 Å². The molecule has 0 amide bonds. The summed E-state index contributed by atoms with van der Waals surface area (Å²) >= 11 is 0. The fraction of sp³-hybridized carbons (Fsp3) is 0.545. The minimum absolute atomic E-state index is 0.0800. The Labute approximate surface area is 102 Å². The van der Waals surface area contributed by atoms with Gasteiger partial charge in [-0.25, -0.2) is 4.39 Å². The Morgan fingerprint density at radius 3 is 2.89 bits per heavy atom. The fourth-order valence-corrected chi connectivity index (χ4v) is 2.08. The molecule has 6 nitrogen and oxygen atoms in total. The van der Waals surface area contributed by atoms with Crippen molar-refractivity contribution in [3.8, 4) is 0 Å². The lowest BCUT2D eigenvalue weighted by Gasteiger charge is -2.18. The zero-order valence-corrected chi connectivity index (χ0v) is 9.67. The number of H-pyrrole nitrogens is 1. The van der Waals surface area contributed by atoms with Gasteiger partial charge < -0.3 is 24.7 Å². The molecule has 1 aliphatic rings. The van der Waals surface area contributed by atoms with Crippen LogP contribution in [0.3, 0.4) is 0 Å². The van der Waals surface area contributed by atoms with E-state index >= 15 is 0 Å². The van der Waals surface area contributed by atoms with Crippen LogP contribution in [0, 0.1) is 5.82 Å². The summed E-state index contributed by atoms with van der Waals surface area (Å²) in [7, 11) is 1.35. The molecule has 100 valence electrons. The molecule has 1 unspecified atom stereocenters. The largest absolute Gasteiger partial charge is 0.394 e. The van der Waals surface area contributed by atoms with Crippen molar-refractivity contribution in [2.24, 2.45) is 0 Å². The molecule has 0 bridgehead atoms. The van der Waals surface area contributed by atoms with Gasteiger partial charge in [-0.3, -0.25) is 4.79 Å². The van der Waals surface area contributed by atoms with Gasteiger partial charge >= 0.3 is 0 Å². The van der Waals surface area contributed by atoms with Gasteiger partial charge in [-0.15, -0.1) is 0 Å². The minimum Gasteiger partial charge on any atom is -0.394 e. The highest BCUT2D eigenvalue weighted by molar-refractivity contribution is 5.19. The van der Waals surface area contributed by atoms with E-state index in [0.29, 0.717) is 0 Å². The molecule has 1 aromatic heterocycles. The third-order valence-electron chi connectivity index (χ3n) is 3.00. The van der Waals surface area contributed by atoms with E-state index in [2.05, 4.69) is 4.98 Å². The molecule has 1 saturated heterocycles. The molecule has 0 radical (unpaired) electrons. The molecular formula is C11H14FNO5. The molecule has 0 saturated carbocycles. The highest BCUT2D eigenvalue weighted by Gasteiger charge is 2.45. The number of aliphatic hydroxyl groups excluding tert-OH is 2. The van der Waals surface area contributed by atoms with Crippen LogP contribution in [0.2, 0.25) is 0 Å². The second-order valence-corrected chi connectivity index (χ2v) is 4.07. The normalized spacial score (nSPS) is 31.8. The third-order valence-corrected chi connectivity index (χ3v) is 3.00. The van der Waals surface area contributed by atoms with Crippen molar-refractivity contribution in [3.63, 3.8) is 0 Å².